The number of hydrogen-bond acceptors (Lipinski definition) is 7. The lowest BCUT2D eigenvalue weighted by atomic mass is 9.90. The van der Waals surface area contributed by atoms with Crippen molar-refractivity contribution < 1.29 is 29.0 Å². The van der Waals surface area contributed by atoms with E-state index < -0.39 is 29.9 Å². The molecule has 174 valence electrons. The number of aromatic hydroxyl groups is 1. The number of methoxy groups -OCH3 is 2. The number of ether oxygens (including phenoxy) is 2. The third kappa shape index (κ3) is 3.39. The summed E-state index contributed by atoms with van der Waals surface area (Å²) in [5.74, 6) is -1.11. The molecule has 2 fully saturated rings. The van der Waals surface area contributed by atoms with E-state index in [2.05, 4.69) is 15.9 Å². The first-order chi connectivity index (χ1) is 16.5. The lowest BCUT2D eigenvalue weighted by Crippen LogP contribution is -2.37. The molecule has 2 saturated heterocycles. The fraction of sp³-hybridized carbons (Fsp3) is 0.200. The average molecular weight is 525 g/mol. The minimum atomic E-state index is -1.03. The monoisotopic (exact) mass is 524 g/mol. The molecule has 9 heteroatoms. The van der Waals surface area contributed by atoms with E-state index in [-0.39, 0.29) is 11.5 Å². The molecule has 0 aromatic heterocycles. The summed E-state index contributed by atoms with van der Waals surface area (Å²) in [5.41, 5.74) is 1.70. The molecule has 0 saturated carbocycles. The SMILES string of the molecule is COc1ccccc1N1C(=O)[C@H]2[C@H](ON(c3ccccc3)[C@@H]2c2cc(Br)c(O)c(OC)c2)C1=O. The van der Waals surface area contributed by atoms with Crippen LogP contribution in [0.1, 0.15) is 11.6 Å². The Kier molecular flexibility index (Phi) is 5.66. The topological polar surface area (TPSA) is 88.5 Å². The molecular formula is C25H21BrN2O6. The quantitative estimate of drug-likeness (QED) is 0.499. The molecule has 0 radical (unpaired) electrons. The van der Waals surface area contributed by atoms with Crippen LogP contribution in [0.4, 0.5) is 11.4 Å². The molecular weight excluding hydrogens is 504 g/mol. The van der Waals surface area contributed by atoms with Gasteiger partial charge < -0.3 is 14.6 Å². The number of phenolic OH excluding ortho intramolecular Hbond substituents is 1. The van der Waals surface area contributed by atoms with Gasteiger partial charge in [0.25, 0.3) is 5.91 Å². The van der Waals surface area contributed by atoms with Gasteiger partial charge in [-0.15, -0.1) is 0 Å². The van der Waals surface area contributed by atoms with E-state index in [9.17, 15) is 14.7 Å². The van der Waals surface area contributed by atoms with Gasteiger partial charge in [-0.2, -0.15) is 0 Å². The summed E-state index contributed by atoms with van der Waals surface area (Å²) in [6.45, 7) is 0. The van der Waals surface area contributed by atoms with Gasteiger partial charge >= 0.3 is 0 Å². The van der Waals surface area contributed by atoms with Crippen molar-refractivity contribution in [3.8, 4) is 17.2 Å². The van der Waals surface area contributed by atoms with Gasteiger partial charge in [-0.1, -0.05) is 30.3 Å². The summed E-state index contributed by atoms with van der Waals surface area (Å²) in [5, 5.41) is 11.9. The van der Waals surface area contributed by atoms with Gasteiger partial charge in [-0.05, 0) is 57.9 Å². The van der Waals surface area contributed by atoms with E-state index >= 15 is 0 Å². The van der Waals surface area contributed by atoms with Gasteiger partial charge in [0.05, 0.1) is 36.1 Å². The van der Waals surface area contributed by atoms with E-state index in [1.807, 2.05) is 30.3 Å². The Morgan fingerprint density at radius 2 is 1.59 bits per heavy atom. The molecule has 0 bridgehead atoms. The van der Waals surface area contributed by atoms with Crippen LogP contribution in [0.15, 0.2) is 71.2 Å². The van der Waals surface area contributed by atoms with Crippen LogP contribution in [-0.2, 0) is 14.4 Å². The highest BCUT2D eigenvalue weighted by Gasteiger charge is 2.60. The maximum Gasteiger partial charge on any atom is 0.266 e. The van der Waals surface area contributed by atoms with Gasteiger partial charge in [-0.3, -0.25) is 14.4 Å². The fourth-order valence-electron chi connectivity index (χ4n) is 4.52. The second-order valence-corrected chi connectivity index (χ2v) is 8.75. The number of amides is 2. The lowest BCUT2D eigenvalue weighted by Gasteiger charge is -2.29. The number of carbonyl (C=O) groups is 2. The molecule has 3 aromatic carbocycles. The normalized spacial score (nSPS) is 21.7. The molecule has 34 heavy (non-hydrogen) atoms. The molecule has 0 spiro atoms. The zero-order valence-corrected chi connectivity index (χ0v) is 19.9. The van der Waals surface area contributed by atoms with Gasteiger partial charge in [0.1, 0.15) is 11.7 Å². The number of fused-ring (bicyclic) bond motifs is 1. The summed E-state index contributed by atoms with van der Waals surface area (Å²) in [7, 11) is 2.93. The van der Waals surface area contributed by atoms with Gasteiger partial charge in [0.15, 0.2) is 17.6 Å². The van der Waals surface area contributed by atoms with Crippen LogP contribution in [0.5, 0.6) is 17.2 Å². The lowest BCUT2D eigenvalue weighted by molar-refractivity contribution is -0.126. The second-order valence-electron chi connectivity index (χ2n) is 7.90. The third-order valence-electron chi connectivity index (χ3n) is 6.06. The molecule has 0 unspecified atom stereocenters. The largest absolute Gasteiger partial charge is 0.503 e. The molecule has 0 aliphatic carbocycles. The highest BCUT2D eigenvalue weighted by molar-refractivity contribution is 9.10. The number of hydrogen-bond donors (Lipinski definition) is 1. The summed E-state index contributed by atoms with van der Waals surface area (Å²) in [4.78, 5) is 34.6. The second kappa shape index (κ2) is 8.66. The van der Waals surface area contributed by atoms with Crippen molar-refractivity contribution in [3.63, 3.8) is 0 Å². The molecule has 2 heterocycles. The number of imide groups is 1. The van der Waals surface area contributed by atoms with Crippen LogP contribution in [0.25, 0.3) is 0 Å². The van der Waals surface area contributed by atoms with Crippen LogP contribution < -0.4 is 19.4 Å². The Labute approximate surface area is 204 Å². The van der Waals surface area contributed by atoms with Crippen molar-refractivity contribution in [1.29, 1.82) is 0 Å². The number of rotatable bonds is 5. The average Bonchev–Trinajstić information content (AvgIpc) is 3.37. The zero-order valence-electron chi connectivity index (χ0n) is 18.3. The van der Waals surface area contributed by atoms with Crippen LogP contribution in [0, 0.1) is 5.92 Å². The molecule has 3 aromatic rings. The molecule has 2 amide bonds. The Bertz CT molecular complexity index is 1270. The van der Waals surface area contributed by atoms with Gasteiger partial charge in [0.2, 0.25) is 5.91 Å². The number of phenols is 1. The van der Waals surface area contributed by atoms with E-state index in [0.29, 0.717) is 27.2 Å². The minimum Gasteiger partial charge on any atom is -0.503 e. The van der Waals surface area contributed by atoms with Crippen LogP contribution >= 0.6 is 15.9 Å². The van der Waals surface area contributed by atoms with Crippen molar-refractivity contribution in [1.82, 2.24) is 0 Å². The number of benzene rings is 3. The summed E-state index contributed by atoms with van der Waals surface area (Å²) in [6, 6.07) is 18.8. The minimum absolute atomic E-state index is 0.0579. The Morgan fingerprint density at radius 1 is 0.912 bits per heavy atom. The van der Waals surface area contributed by atoms with E-state index in [1.165, 1.54) is 14.2 Å². The number of hydroxylamine groups is 1. The van der Waals surface area contributed by atoms with Crippen LogP contribution in [0.2, 0.25) is 0 Å². The van der Waals surface area contributed by atoms with Crippen molar-refractivity contribution in [2.24, 2.45) is 5.92 Å². The predicted molar refractivity (Wildman–Crippen MR) is 128 cm³/mol. The first-order valence-corrected chi connectivity index (χ1v) is 11.3. The molecule has 5 rings (SSSR count). The molecule has 1 N–H and O–H groups in total. The Hall–Kier alpha value is -3.56. The summed E-state index contributed by atoms with van der Waals surface area (Å²) in [6.07, 6.45) is -1.03. The number of anilines is 2. The molecule has 3 atom stereocenters. The van der Waals surface area contributed by atoms with E-state index in [1.54, 1.807) is 41.5 Å². The first-order valence-electron chi connectivity index (χ1n) is 10.5. The number of nitrogens with zero attached hydrogens (tertiary/aromatic N) is 2. The van der Waals surface area contributed by atoms with Crippen LogP contribution in [-0.4, -0.2) is 37.2 Å². The Balaban J connectivity index is 1.64. The maximum absolute atomic E-state index is 13.8. The van der Waals surface area contributed by atoms with E-state index in [4.69, 9.17) is 14.3 Å². The Morgan fingerprint density at radius 3 is 2.29 bits per heavy atom. The standard InChI is InChI=1S/C25H21BrN2O6/c1-32-18-11-7-6-10-17(18)27-24(30)20-21(14-12-16(26)22(29)19(13-14)33-2)28(34-23(20)25(27)31)15-8-4-3-5-9-15/h3-13,20-21,23,29H,1-2H3/t20-,21-,23+/m1/s1. The molecule has 2 aliphatic rings. The predicted octanol–water partition coefficient (Wildman–Crippen LogP) is 4.22. The highest BCUT2D eigenvalue weighted by atomic mass is 79.9. The smallest absolute Gasteiger partial charge is 0.266 e. The number of halogens is 1. The number of carbonyl (C=O) groups excluding carboxylic acids is 2. The highest BCUT2D eigenvalue weighted by Crippen LogP contribution is 2.50. The zero-order chi connectivity index (χ0) is 24.0. The van der Waals surface area contributed by atoms with Crippen molar-refractivity contribution >= 4 is 39.1 Å². The van der Waals surface area contributed by atoms with Crippen LogP contribution in [0.3, 0.4) is 0 Å². The number of para-hydroxylation sites is 3. The first kappa shape index (κ1) is 22.2. The van der Waals surface area contributed by atoms with Gasteiger partial charge in [-0.25, -0.2) is 9.96 Å². The van der Waals surface area contributed by atoms with Crippen molar-refractivity contribution in [2.45, 2.75) is 12.1 Å². The maximum atomic E-state index is 13.8. The summed E-state index contributed by atoms with van der Waals surface area (Å²) < 4.78 is 11.1. The summed E-state index contributed by atoms with van der Waals surface area (Å²) >= 11 is 3.36. The van der Waals surface area contributed by atoms with Crippen molar-refractivity contribution in [2.75, 3.05) is 24.2 Å². The third-order valence-corrected chi connectivity index (χ3v) is 6.67. The van der Waals surface area contributed by atoms with E-state index in [0.717, 1.165) is 4.90 Å². The van der Waals surface area contributed by atoms with Gasteiger partial charge in [0, 0.05) is 0 Å². The molecule has 2 aliphatic heterocycles. The fourth-order valence-corrected chi connectivity index (χ4v) is 4.98. The van der Waals surface area contributed by atoms with Crippen molar-refractivity contribution in [3.05, 3.63) is 76.8 Å². The molecule has 8 nitrogen and oxygen atoms in total.